The van der Waals surface area contributed by atoms with Crippen molar-refractivity contribution in [3.63, 3.8) is 0 Å². The van der Waals surface area contributed by atoms with Crippen LogP contribution in [0.1, 0.15) is 187 Å². The number of benzene rings is 11. The average Bonchev–Trinajstić information content (AvgIpc) is 1.57. The molecule has 23 rings (SSSR count). The molecule has 2 aliphatic rings. The quantitative estimate of drug-likeness (QED) is 0.101. The maximum atomic E-state index is 8.39. The van der Waals surface area contributed by atoms with Crippen molar-refractivity contribution < 1.29 is 43.4 Å². The zero-order valence-corrected chi connectivity index (χ0v) is 82.9. The van der Waals surface area contributed by atoms with Crippen LogP contribution in [0.5, 0.6) is 0 Å². The Labute approximate surface area is 854 Å². The van der Waals surface area contributed by atoms with E-state index in [-0.39, 0.29) is 39.6 Å². The molecule has 142 heavy (non-hydrogen) atoms. The van der Waals surface area contributed by atoms with E-state index in [0.717, 1.165) is 106 Å². The molecule has 0 amide bonds. The third-order valence-electron chi connectivity index (χ3n) is 27.8. The van der Waals surface area contributed by atoms with E-state index < -0.39 is 34.3 Å². The molecular weight excluding hydrogens is 1750 g/mol. The molecule has 0 spiro atoms. The summed E-state index contributed by atoms with van der Waals surface area (Å²) in [5.41, 5.74) is 25.0. The van der Waals surface area contributed by atoms with E-state index >= 15 is 0 Å². The fourth-order valence-corrected chi connectivity index (χ4v) is 20.8. The Morgan fingerprint density at radius 3 is 0.972 bits per heavy atom. The Bertz CT molecular complexity index is 8890. The molecular formula is C122H127N20+5. The van der Waals surface area contributed by atoms with Crippen LogP contribution >= 0.6 is 0 Å². The van der Waals surface area contributed by atoms with E-state index in [1.165, 1.54) is 128 Å². The van der Waals surface area contributed by atoms with Gasteiger partial charge < -0.3 is 0 Å². The lowest BCUT2D eigenvalue weighted by Gasteiger charge is -2.27. The lowest BCUT2D eigenvalue weighted by molar-refractivity contribution is -0.634. The summed E-state index contributed by atoms with van der Waals surface area (Å²) in [6, 6.07) is 89.7. The third kappa shape index (κ3) is 18.1. The smallest absolute Gasteiger partial charge is 0.244 e. The number of aromatic nitrogens is 20. The summed E-state index contributed by atoms with van der Waals surface area (Å²) >= 11 is 0. The van der Waals surface area contributed by atoms with Gasteiger partial charge in [0.2, 0.25) is 17.5 Å². The molecule has 10 aromatic heterocycles. The summed E-state index contributed by atoms with van der Waals surface area (Å²) in [6.45, 7) is 5.34. The largest absolute Gasteiger partial charge is 0.296 e. The minimum atomic E-state index is -2.71. The number of para-hydroxylation sites is 10. The zero-order chi connectivity index (χ0) is 111. The van der Waals surface area contributed by atoms with Crippen LogP contribution in [-0.2, 0) is 35.2 Å². The monoisotopic (exact) mass is 1890 g/mol. The number of nitrogens with zero attached hydrogens (tertiary/aromatic N) is 20. The van der Waals surface area contributed by atoms with Gasteiger partial charge in [0.15, 0.2) is 72.4 Å². The summed E-state index contributed by atoms with van der Waals surface area (Å²) in [6.07, 6.45) is 17.0. The highest BCUT2D eigenvalue weighted by molar-refractivity contribution is 5.85. The maximum absolute atomic E-state index is 8.39. The van der Waals surface area contributed by atoms with E-state index in [4.69, 9.17) is 30.5 Å². The summed E-state index contributed by atoms with van der Waals surface area (Å²) in [5, 5.41) is 0. The second-order valence-corrected chi connectivity index (χ2v) is 37.1. The SMILES string of the molecule is Cc1nc(C2CCCCC2)c(-n2c(-c3ccccc3C)[n+](C)c3ccccc32)c(C2CCCCC2)n1.[2H]C([2H])([2H])c1c(C)nc(C)nc1-n1c(-c2ccccc2C)[n+](C)c2ccccc21.[2H]C([2H])([2H])c1cnc(C)nc1-n1c(-c2ccccc2C)[n+](C)c2ccccc21.[2H]C([2H])([2H])c1cncnc1-n1c(-c2ccccc2C)[n+](C)c2ccccc21.[2H]C([2H])([2H])c1nc(-c2ccccc2)nc(C([2H])([2H])[2H])c1-n1c(-c2ccccc2C)[n+](C)c2ccccc21. The molecule has 20 nitrogen and oxygen atoms in total. The van der Waals surface area contributed by atoms with E-state index in [0.29, 0.717) is 63.5 Å². The van der Waals surface area contributed by atoms with Gasteiger partial charge in [0.05, 0.1) is 85.8 Å². The van der Waals surface area contributed by atoms with Crippen LogP contribution in [0.25, 0.3) is 152 Å². The highest BCUT2D eigenvalue weighted by atomic mass is 15.2. The first-order chi connectivity index (χ1) is 75.0. The van der Waals surface area contributed by atoms with Crippen LogP contribution in [-0.4, -0.2) is 72.7 Å². The minimum Gasteiger partial charge on any atom is -0.244 e. The first-order valence-electron chi connectivity index (χ1n) is 56.2. The van der Waals surface area contributed by atoms with Crippen molar-refractivity contribution in [1.29, 1.82) is 0 Å². The predicted molar refractivity (Wildman–Crippen MR) is 571 cm³/mol. The second-order valence-electron chi connectivity index (χ2n) is 37.1. The normalized spacial score (nSPS) is 14.8. The molecule has 0 saturated heterocycles. The molecule has 20 heteroatoms. The van der Waals surface area contributed by atoms with Gasteiger partial charge in [-0.1, -0.05) is 221 Å². The highest BCUT2D eigenvalue weighted by Crippen LogP contribution is 2.45. The molecule has 0 atom stereocenters. The number of fused-ring (bicyclic) bond motifs is 5. The van der Waals surface area contributed by atoms with Crippen LogP contribution in [0.2, 0.25) is 0 Å². The van der Waals surface area contributed by atoms with Crippen molar-refractivity contribution in [3.8, 4) is 97.2 Å². The lowest BCUT2D eigenvalue weighted by atomic mass is 9.82. The highest BCUT2D eigenvalue weighted by Gasteiger charge is 2.39. The van der Waals surface area contributed by atoms with Crippen LogP contribution < -0.4 is 22.8 Å². The molecule has 0 aliphatic heterocycles. The summed E-state index contributed by atoms with van der Waals surface area (Å²) in [4.78, 5) is 45.5. The zero-order valence-electron chi connectivity index (χ0n) is 97.9. The van der Waals surface area contributed by atoms with Crippen molar-refractivity contribution in [1.82, 2.24) is 72.7 Å². The molecule has 11 aromatic carbocycles. The van der Waals surface area contributed by atoms with Crippen molar-refractivity contribution in [3.05, 3.63) is 382 Å². The van der Waals surface area contributed by atoms with E-state index in [1.54, 1.807) is 49.6 Å². The topological polar surface area (TPSA) is 173 Å². The molecule has 2 saturated carbocycles. The predicted octanol–water partition coefficient (Wildman–Crippen LogP) is 24.6. The molecule has 0 bridgehead atoms. The van der Waals surface area contributed by atoms with Crippen LogP contribution in [0.15, 0.2) is 292 Å². The van der Waals surface area contributed by atoms with E-state index in [2.05, 4.69) is 151 Å². The standard InChI is InChI=1S/C32H39N4.C27H25N4.C22H23N4.C21H21N4.C20H19N4/c1-22-14-10-11-19-26(22)32-35(3)27-20-12-13-21-28(27)36(32)31-29(24-15-6-4-7-16-24)33-23(2)34-30(31)25-17-8-5-9-18-25;1-18-12-8-9-15-22(18)27-30(4)23-16-10-11-17-24(23)31(27)25-19(2)28-26(29-20(25)3)21-13-6-5-7-14-21;1-14-10-6-7-11-18(14)22-25(5)19-12-8-9-13-20(19)26(22)21-15(2)16(3)23-17(4)24-21;1-14-9-5-6-10-17(14)21-24(4)18-11-7-8-12-19(18)25(21)20-15(2)13-22-16(3)23-20;1-14-8-4-5-9-16(14)20-23(3)17-10-6-7-11-18(17)24(20)19-15(2)12-21-13-22-19/h10-14,19-21,24-25H,4-9,15-18H2,1-3H3;5-17H,1-4H3;6-13H,1-5H3;5-13H,1-4H3;4-13H,1-3H3/q5*+1/i;2D3,3D3;3*2D3. The van der Waals surface area contributed by atoms with E-state index in [1.807, 2.05) is 255 Å². The Kier molecular flexibility index (Phi) is 22.5. The van der Waals surface area contributed by atoms with Crippen molar-refractivity contribution in [2.24, 2.45) is 35.2 Å². The van der Waals surface area contributed by atoms with Crippen molar-refractivity contribution >= 4 is 55.2 Å². The minimum absolute atomic E-state index is 0.0465. The van der Waals surface area contributed by atoms with E-state index in [9.17, 15) is 0 Å². The van der Waals surface area contributed by atoms with Crippen LogP contribution in [0, 0.1) is 96.6 Å². The van der Waals surface area contributed by atoms with Crippen molar-refractivity contribution in [2.45, 2.75) is 173 Å². The van der Waals surface area contributed by atoms with Gasteiger partial charge in [-0.05, 0) is 241 Å². The fourth-order valence-electron chi connectivity index (χ4n) is 20.8. The Balaban J connectivity index is 0.000000123. The maximum Gasteiger partial charge on any atom is 0.296 e. The molecule has 0 N–H and O–H groups in total. The number of hydrogen-bond acceptors (Lipinski definition) is 10. The third-order valence-corrected chi connectivity index (χ3v) is 27.8. The van der Waals surface area contributed by atoms with Gasteiger partial charge >= 0.3 is 0 Å². The Morgan fingerprint density at radius 2 is 0.592 bits per heavy atom. The number of rotatable bonds is 13. The molecule has 10 heterocycles. The van der Waals surface area contributed by atoms with Crippen LogP contribution in [0.4, 0.5) is 0 Å². The molecule has 0 unspecified atom stereocenters. The number of imidazole rings is 5. The number of aryl methyl sites for hydroxylation is 18. The van der Waals surface area contributed by atoms with Gasteiger partial charge in [0, 0.05) is 72.7 Å². The van der Waals surface area contributed by atoms with Gasteiger partial charge in [-0.2, -0.15) is 37.8 Å². The molecule has 2 fully saturated rings. The fraction of sp³-hybridized carbons (Fsp3) is 0.254. The summed E-state index contributed by atoms with van der Waals surface area (Å²) < 4.78 is 143. The van der Waals surface area contributed by atoms with Gasteiger partial charge in [0.25, 0.3) is 29.1 Å². The molecule has 21 aromatic rings. The first kappa shape index (κ1) is 78.0. The average molecular weight is 1890 g/mol. The van der Waals surface area contributed by atoms with Gasteiger partial charge in [0.1, 0.15) is 23.8 Å². The second kappa shape index (κ2) is 40.9. The molecule has 710 valence electrons. The first-order valence-corrected chi connectivity index (χ1v) is 48.7. The molecule has 2 aliphatic carbocycles. The van der Waals surface area contributed by atoms with Gasteiger partial charge in [-0.25, -0.2) is 57.7 Å². The van der Waals surface area contributed by atoms with Gasteiger partial charge in [-0.15, -0.1) is 0 Å². The number of hydrogen-bond donors (Lipinski definition) is 0. The van der Waals surface area contributed by atoms with Crippen molar-refractivity contribution in [2.75, 3.05) is 0 Å². The van der Waals surface area contributed by atoms with Crippen LogP contribution in [0.3, 0.4) is 0 Å². The molecule has 0 radical (unpaired) electrons. The lowest BCUT2D eigenvalue weighted by Crippen LogP contribution is -2.31. The Hall–Kier alpha value is -15.8. The van der Waals surface area contributed by atoms with Gasteiger partial charge in [-0.3, -0.25) is 0 Å². The Morgan fingerprint density at radius 1 is 0.268 bits per heavy atom. The summed E-state index contributed by atoms with van der Waals surface area (Å²) in [7, 11) is 10.1. The summed E-state index contributed by atoms with van der Waals surface area (Å²) in [5.74, 6) is 8.76.